The van der Waals surface area contributed by atoms with Crippen molar-refractivity contribution in [3.63, 3.8) is 0 Å². The van der Waals surface area contributed by atoms with Crippen molar-refractivity contribution >= 4 is 33.3 Å². The highest BCUT2D eigenvalue weighted by atomic mass is 35.5. The molecular weight excluding hydrogens is 436 g/mol. The van der Waals surface area contributed by atoms with Gasteiger partial charge in [-0.15, -0.1) is 0 Å². The van der Waals surface area contributed by atoms with Gasteiger partial charge in [0.15, 0.2) is 5.78 Å². The van der Waals surface area contributed by atoms with Gasteiger partial charge in [-0.2, -0.15) is 0 Å². The van der Waals surface area contributed by atoms with E-state index in [-0.39, 0.29) is 35.0 Å². The van der Waals surface area contributed by atoms with E-state index >= 15 is 0 Å². The fourth-order valence-corrected chi connectivity index (χ4v) is 5.19. The second-order valence-electron chi connectivity index (χ2n) is 8.00. The van der Waals surface area contributed by atoms with Crippen LogP contribution in [0.4, 0.5) is 0 Å². The van der Waals surface area contributed by atoms with Crippen LogP contribution >= 0.6 is 11.6 Å². The fraction of sp³-hybridized carbons (Fsp3) is 0.391. The summed E-state index contributed by atoms with van der Waals surface area (Å²) in [6.45, 7) is 1.94. The first kappa shape index (κ1) is 23.4. The summed E-state index contributed by atoms with van der Waals surface area (Å²) in [5, 5.41) is 3.66. The van der Waals surface area contributed by atoms with Crippen LogP contribution in [0.15, 0.2) is 53.4 Å². The van der Waals surface area contributed by atoms with Crippen LogP contribution in [-0.4, -0.2) is 33.2 Å². The van der Waals surface area contributed by atoms with Crippen LogP contribution in [0, 0.1) is 0 Å². The van der Waals surface area contributed by atoms with Crippen LogP contribution in [0.3, 0.4) is 0 Å². The number of amides is 1. The van der Waals surface area contributed by atoms with Gasteiger partial charge in [0.2, 0.25) is 15.9 Å². The van der Waals surface area contributed by atoms with Crippen molar-refractivity contribution in [1.29, 1.82) is 0 Å². The van der Waals surface area contributed by atoms with Crippen molar-refractivity contribution in [3.05, 3.63) is 64.7 Å². The first-order valence-corrected chi connectivity index (χ1v) is 12.2. The molecule has 1 aliphatic carbocycles. The van der Waals surface area contributed by atoms with E-state index in [9.17, 15) is 18.0 Å². The highest BCUT2D eigenvalue weighted by Gasteiger charge is 2.35. The molecule has 1 amide bonds. The predicted octanol–water partition coefficient (Wildman–Crippen LogP) is 3.84. The third-order valence-corrected chi connectivity index (χ3v) is 7.59. The lowest BCUT2D eigenvalue weighted by Gasteiger charge is -2.30. The zero-order valence-electron chi connectivity index (χ0n) is 17.5. The first-order valence-electron chi connectivity index (χ1n) is 10.4. The fourth-order valence-electron chi connectivity index (χ4n) is 4.03. The second-order valence-corrected chi connectivity index (χ2v) is 10.2. The molecule has 0 saturated heterocycles. The molecule has 2 aromatic carbocycles. The van der Waals surface area contributed by atoms with E-state index in [0.717, 1.165) is 25.7 Å². The summed E-state index contributed by atoms with van der Waals surface area (Å²) in [5.74, 6) is -0.331. The van der Waals surface area contributed by atoms with Gasteiger partial charge < -0.3 is 5.32 Å². The minimum absolute atomic E-state index is 0.00340. The van der Waals surface area contributed by atoms with E-state index in [1.54, 1.807) is 0 Å². The van der Waals surface area contributed by atoms with Crippen LogP contribution in [-0.2, 0) is 20.2 Å². The molecule has 1 aliphatic rings. The van der Waals surface area contributed by atoms with Gasteiger partial charge in [-0.3, -0.25) is 9.59 Å². The molecule has 2 N–H and O–H groups in total. The Morgan fingerprint density at radius 3 is 2.19 bits per heavy atom. The van der Waals surface area contributed by atoms with Gasteiger partial charge in [-0.25, -0.2) is 13.1 Å². The highest BCUT2D eigenvalue weighted by molar-refractivity contribution is 7.89. The lowest BCUT2D eigenvalue weighted by Crippen LogP contribution is -2.40. The number of carbonyl (C=O) groups excluding carboxylic acids is 2. The predicted molar refractivity (Wildman–Crippen MR) is 121 cm³/mol. The summed E-state index contributed by atoms with van der Waals surface area (Å²) in [6.07, 6.45) is 4.26. The minimum Gasteiger partial charge on any atom is -0.355 e. The van der Waals surface area contributed by atoms with Crippen molar-refractivity contribution in [1.82, 2.24) is 10.0 Å². The zero-order valence-corrected chi connectivity index (χ0v) is 19.1. The quantitative estimate of drug-likeness (QED) is 0.554. The van der Waals surface area contributed by atoms with Crippen LogP contribution in [0.2, 0.25) is 5.02 Å². The zero-order chi connectivity index (χ0) is 22.5. The molecular formula is C23H27ClN2O4S. The monoisotopic (exact) mass is 462 g/mol. The average molecular weight is 463 g/mol. The van der Waals surface area contributed by atoms with Crippen LogP contribution in [0.25, 0.3) is 0 Å². The average Bonchev–Trinajstić information content (AvgIpc) is 3.23. The standard InChI is InChI=1S/C23H27ClN2O4S/c1-17(27)18-4-10-21(11-5-18)31(29,30)26-15-12-22(28)25-16-23(13-2-3-14-23)19-6-8-20(24)9-7-19/h4-11,26H,2-3,12-16H2,1H3,(H,25,28). The number of benzene rings is 2. The summed E-state index contributed by atoms with van der Waals surface area (Å²) >= 11 is 6.01. The summed E-state index contributed by atoms with van der Waals surface area (Å²) < 4.78 is 27.2. The smallest absolute Gasteiger partial charge is 0.240 e. The van der Waals surface area contributed by atoms with Crippen LogP contribution in [0.1, 0.15) is 54.9 Å². The molecule has 0 radical (unpaired) electrons. The van der Waals surface area contributed by atoms with Gasteiger partial charge in [0.05, 0.1) is 4.90 Å². The molecule has 3 rings (SSSR count). The minimum atomic E-state index is -3.74. The largest absolute Gasteiger partial charge is 0.355 e. The molecule has 8 heteroatoms. The maximum absolute atomic E-state index is 12.4. The number of Topliss-reactive ketones (excluding diaryl/α,β-unsaturated/α-hetero) is 1. The van der Waals surface area contributed by atoms with Crippen LogP contribution in [0.5, 0.6) is 0 Å². The van der Waals surface area contributed by atoms with E-state index in [4.69, 9.17) is 11.6 Å². The van der Waals surface area contributed by atoms with E-state index < -0.39 is 10.0 Å². The lowest BCUT2D eigenvalue weighted by molar-refractivity contribution is -0.121. The van der Waals surface area contributed by atoms with Gasteiger partial charge >= 0.3 is 0 Å². The molecule has 0 atom stereocenters. The van der Waals surface area contributed by atoms with Gasteiger partial charge in [0, 0.05) is 35.5 Å². The third-order valence-electron chi connectivity index (χ3n) is 5.86. The van der Waals surface area contributed by atoms with Crippen molar-refractivity contribution in [2.24, 2.45) is 0 Å². The first-order chi connectivity index (χ1) is 14.7. The molecule has 31 heavy (non-hydrogen) atoms. The molecule has 0 bridgehead atoms. The van der Waals surface area contributed by atoms with E-state index in [1.165, 1.54) is 36.8 Å². The molecule has 0 aromatic heterocycles. The van der Waals surface area contributed by atoms with Crippen molar-refractivity contribution in [2.75, 3.05) is 13.1 Å². The Bertz CT molecular complexity index is 1030. The van der Waals surface area contributed by atoms with Gasteiger partial charge in [-0.1, -0.05) is 48.7 Å². The molecule has 1 saturated carbocycles. The Kier molecular flexibility index (Phi) is 7.51. The molecule has 0 spiro atoms. The second kappa shape index (κ2) is 9.94. The molecule has 0 unspecified atom stereocenters. The molecule has 0 heterocycles. The molecule has 166 valence electrons. The Morgan fingerprint density at radius 2 is 1.61 bits per heavy atom. The van der Waals surface area contributed by atoms with E-state index in [0.29, 0.717) is 17.1 Å². The highest BCUT2D eigenvalue weighted by Crippen LogP contribution is 2.40. The summed E-state index contributed by atoms with van der Waals surface area (Å²) in [4.78, 5) is 23.7. The number of hydrogen-bond donors (Lipinski definition) is 2. The third kappa shape index (κ3) is 5.93. The number of hydrogen-bond acceptors (Lipinski definition) is 4. The van der Waals surface area contributed by atoms with Crippen molar-refractivity contribution < 1.29 is 18.0 Å². The maximum atomic E-state index is 12.4. The summed E-state index contributed by atoms with van der Waals surface area (Å²) in [5.41, 5.74) is 1.52. The topological polar surface area (TPSA) is 92.3 Å². The molecule has 1 fully saturated rings. The molecule has 2 aromatic rings. The van der Waals surface area contributed by atoms with Gasteiger partial charge in [0.1, 0.15) is 0 Å². The van der Waals surface area contributed by atoms with Crippen LogP contribution < -0.4 is 10.0 Å². The number of nitrogens with one attached hydrogen (secondary N) is 2. The normalized spacial score (nSPS) is 15.5. The number of halogens is 1. The number of sulfonamides is 1. The molecule has 6 nitrogen and oxygen atoms in total. The Hall–Kier alpha value is -2.22. The number of rotatable bonds is 9. The Labute approximate surface area is 188 Å². The van der Waals surface area contributed by atoms with E-state index in [1.807, 2.05) is 24.3 Å². The van der Waals surface area contributed by atoms with Crippen molar-refractivity contribution in [2.45, 2.75) is 49.3 Å². The Balaban J connectivity index is 1.52. The van der Waals surface area contributed by atoms with Gasteiger partial charge in [-0.05, 0) is 49.6 Å². The summed E-state index contributed by atoms with van der Waals surface area (Å²) in [7, 11) is -3.74. The summed E-state index contributed by atoms with van der Waals surface area (Å²) in [6, 6.07) is 13.5. The lowest BCUT2D eigenvalue weighted by atomic mass is 9.79. The SMILES string of the molecule is CC(=O)c1ccc(S(=O)(=O)NCCC(=O)NCC2(c3ccc(Cl)cc3)CCCC2)cc1. The van der Waals surface area contributed by atoms with Crippen molar-refractivity contribution in [3.8, 4) is 0 Å². The molecule has 0 aliphatic heterocycles. The maximum Gasteiger partial charge on any atom is 0.240 e. The number of ketones is 1. The number of carbonyl (C=O) groups is 2. The van der Waals surface area contributed by atoms with E-state index in [2.05, 4.69) is 10.0 Å². The van der Waals surface area contributed by atoms with Gasteiger partial charge in [0.25, 0.3) is 0 Å². The Morgan fingerprint density at radius 1 is 1.00 bits per heavy atom.